The fourth-order valence-electron chi connectivity index (χ4n) is 4.22. The van der Waals surface area contributed by atoms with Gasteiger partial charge in [0.1, 0.15) is 5.69 Å². The molecule has 1 aromatic heterocycles. The van der Waals surface area contributed by atoms with Gasteiger partial charge >= 0.3 is 0 Å². The number of carbonyl (C=O) groups is 1. The molecule has 1 spiro atoms. The van der Waals surface area contributed by atoms with Gasteiger partial charge in [-0.1, -0.05) is 0 Å². The van der Waals surface area contributed by atoms with E-state index in [1.54, 1.807) is 26.4 Å². The maximum absolute atomic E-state index is 15.1. The molecule has 2 N–H and O–H groups in total. The molecule has 0 saturated heterocycles. The zero-order valence-electron chi connectivity index (χ0n) is 18.3. The fourth-order valence-corrected chi connectivity index (χ4v) is 4.22. The van der Waals surface area contributed by atoms with Crippen LogP contribution < -0.4 is 20.1 Å². The molecule has 1 saturated carbocycles. The minimum absolute atomic E-state index is 0.0319. The Morgan fingerprint density at radius 2 is 1.84 bits per heavy atom. The summed E-state index contributed by atoms with van der Waals surface area (Å²) in [6, 6.07) is 2.96. The first kappa shape index (κ1) is 21.7. The number of nitrogens with two attached hydrogens (primary N) is 1. The Labute approximate surface area is 184 Å². The van der Waals surface area contributed by atoms with E-state index < -0.39 is 22.7 Å². The predicted molar refractivity (Wildman–Crippen MR) is 117 cm³/mol. The van der Waals surface area contributed by atoms with Gasteiger partial charge < -0.3 is 20.1 Å². The van der Waals surface area contributed by atoms with Crippen LogP contribution >= 0.6 is 0 Å². The van der Waals surface area contributed by atoms with Gasteiger partial charge in [0.25, 0.3) is 0 Å². The van der Waals surface area contributed by atoms with Gasteiger partial charge in [0, 0.05) is 36.8 Å². The highest BCUT2D eigenvalue weighted by Gasteiger charge is 2.57. The number of hydrogen-bond donors (Lipinski definition) is 1. The lowest BCUT2D eigenvalue weighted by Gasteiger charge is -2.35. The molecule has 0 unspecified atom stereocenters. The van der Waals surface area contributed by atoms with Gasteiger partial charge in [-0.3, -0.25) is 14.8 Å². The second kappa shape index (κ2) is 7.89. The van der Waals surface area contributed by atoms with Crippen LogP contribution in [0.5, 0.6) is 11.5 Å². The summed E-state index contributed by atoms with van der Waals surface area (Å²) in [6.07, 6.45) is 4.40. The SMILES string of the molecule is CN=CC(=C(C)N)c1cc2c(cn1)CN(c1c(F)c(OC)cc(OC)c1F)C(=O)C21CC1. The maximum atomic E-state index is 15.1. The Morgan fingerprint density at radius 1 is 1.22 bits per heavy atom. The van der Waals surface area contributed by atoms with Crippen LogP contribution in [-0.4, -0.2) is 38.4 Å². The molecule has 168 valence electrons. The Bertz CT molecular complexity index is 1140. The second-order valence-corrected chi connectivity index (χ2v) is 7.94. The first-order valence-electron chi connectivity index (χ1n) is 10.1. The van der Waals surface area contributed by atoms with Crippen molar-refractivity contribution in [1.29, 1.82) is 0 Å². The maximum Gasteiger partial charge on any atom is 0.238 e. The molecule has 2 aromatic rings. The lowest BCUT2D eigenvalue weighted by atomic mass is 9.85. The average molecular weight is 442 g/mol. The molecule has 32 heavy (non-hydrogen) atoms. The summed E-state index contributed by atoms with van der Waals surface area (Å²) in [5, 5.41) is 0. The lowest BCUT2D eigenvalue weighted by molar-refractivity contribution is -0.121. The Hall–Kier alpha value is -3.49. The Kier molecular flexibility index (Phi) is 5.36. The van der Waals surface area contributed by atoms with Crippen LogP contribution in [0.2, 0.25) is 0 Å². The van der Waals surface area contributed by atoms with Crippen molar-refractivity contribution >= 4 is 23.4 Å². The van der Waals surface area contributed by atoms with Crippen LogP contribution in [0, 0.1) is 11.6 Å². The molecule has 9 heteroatoms. The number of hydrogen-bond acceptors (Lipinski definition) is 6. The van der Waals surface area contributed by atoms with Crippen LogP contribution in [-0.2, 0) is 16.8 Å². The molecule has 1 aromatic carbocycles. The van der Waals surface area contributed by atoms with Gasteiger partial charge in [0.15, 0.2) is 23.1 Å². The first-order chi connectivity index (χ1) is 15.3. The molecule has 0 radical (unpaired) electrons. The van der Waals surface area contributed by atoms with Crippen molar-refractivity contribution in [3.63, 3.8) is 0 Å². The molecule has 2 heterocycles. The highest BCUT2D eigenvalue weighted by atomic mass is 19.1. The van der Waals surface area contributed by atoms with E-state index in [4.69, 9.17) is 15.2 Å². The lowest BCUT2D eigenvalue weighted by Crippen LogP contribution is -2.45. The van der Waals surface area contributed by atoms with Crippen LogP contribution in [0.15, 0.2) is 29.0 Å². The number of nitrogens with zero attached hydrogens (tertiary/aromatic N) is 3. The summed E-state index contributed by atoms with van der Waals surface area (Å²) in [4.78, 5) is 23.2. The number of allylic oxidation sites excluding steroid dienone is 2. The monoisotopic (exact) mass is 442 g/mol. The number of fused-ring (bicyclic) bond motifs is 2. The molecule has 1 aliphatic carbocycles. The summed E-state index contributed by atoms with van der Waals surface area (Å²) in [5.74, 6) is -2.68. The normalized spacial score (nSPS) is 17.4. The zero-order chi connectivity index (χ0) is 23.2. The summed E-state index contributed by atoms with van der Waals surface area (Å²) in [7, 11) is 4.17. The number of carbonyl (C=O) groups excluding carboxylic acids is 1. The third kappa shape index (κ3) is 3.19. The van der Waals surface area contributed by atoms with Crippen LogP contribution in [0.4, 0.5) is 14.5 Å². The van der Waals surface area contributed by atoms with E-state index >= 15 is 8.78 Å². The van der Waals surface area contributed by atoms with Gasteiger partial charge in [-0.2, -0.15) is 0 Å². The van der Waals surface area contributed by atoms with Crippen molar-refractivity contribution < 1.29 is 23.0 Å². The van der Waals surface area contributed by atoms with Crippen molar-refractivity contribution in [1.82, 2.24) is 4.98 Å². The van der Waals surface area contributed by atoms with Crippen molar-refractivity contribution in [2.45, 2.75) is 31.7 Å². The molecule has 1 fully saturated rings. The molecule has 2 aliphatic rings. The number of ether oxygens (including phenoxy) is 2. The number of methoxy groups -OCH3 is 2. The second-order valence-electron chi connectivity index (χ2n) is 7.94. The quantitative estimate of drug-likeness (QED) is 0.718. The van der Waals surface area contributed by atoms with E-state index in [1.165, 1.54) is 14.2 Å². The van der Waals surface area contributed by atoms with Gasteiger partial charge in [0.2, 0.25) is 5.91 Å². The van der Waals surface area contributed by atoms with Crippen LogP contribution in [0.1, 0.15) is 36.6 Å². The molecule has 4 rings (SSSR count). The summed E-state index contributed by atoms with van der Waals surface area (Å²) >= 11 is 0. The fraction of sp³-hybridized carbons (Fsp3) is 0.348. The number of aliphatic imine (C=N–C) groups is 1. The summed E-state index contributed by atoms with van der Waals surface area (Å²) in [6.45, 7) is 1.72. The molecule has 1 aliphatic heterocycles. The molecule has 0 atom stereocenters. The van der Waals surface area contributed by atoms with Crippen molar-refractivity contribution in [3.8, 4) is 11.5 Å². The molecule has 1 amide bonds. The third-order valence-corrected chi connectivity index (χ3v) is 6.01. The largest absolute Gasteiger partial charge is 0.493 e. The minimum Gasteiger partial charge on any atom is -0.493 e. The number of halogens is 2. The number of pyridine rings is 1. The van der Waals surface area contributed by atoms with Gasteiger partial charge in [-0.15, -0.1) is 0 Å². The first-order valence-corrected chi connectivity index (χ1v) is 10.1. The van der Waals surface area contributed by atoms with Gasteiger partial charge in [0.05, 0.1) is 31.9 Å². The van der Waals surface area contributed by atoms with E-state index in [1.807, 2.05) is 6.07 Å². The standard InChI is InChI=1S/C23H24F2N4O3/c1-12(26)14(10-27-2)16-7-15-13(9-28-16)11-29(22(30)23(15)5-6-23)21-19(24)17(31-3)8-18(32-4)20(21)25/h7-10H,5-6,11,26H2,1-4H3. The van der Waals surface area contributed by atoms with E-state index in [0.29, 0.717) is 35.4 Å². The van der Waals surface area contributed by atoms with E-state index in [2.05, 4.69) is 9.98 Å². The number of benzene rings is 1. The third-order valence-electron chi connectivity index (χ3n) is 6.01. The van der Waals surface area contributed by atoms with E-state index in [0.717, 1.165) is 16.5 Å². The summed E-state index contributed by atoms with van der Waals surface area (Å²) < 4.78 is 40.3. The highest BCUT2D eigenvalue weighted by molar-refractivity contribution is 6.10. The number of aromatic nitrogens is 1. The average Bonchev–Trinajstić information content (AvgIpc) is 3.57. The number of rotatable bonds is 5. The molecule has 7 nitrogen and oxygen atoms in total. The zero-order valence-corrected chi connectivity index (χ0v) is 18.3. The molecular weight excluding hydrogens is 418 g/mol. The van der Waals surface area contributed by atoms with Crippen LogP contribution in [0.25, 0.3) is 5.57 Å². The Morgan fingerprint density at radius 3 is 2.34 bits per heavy atom. The smallest absolute Gasteiger partial charge is 0.238 e. The van der Waals surface area contributed by atoms with Crippen LogP contribution in [0.3, 0.4) is 0 Å². The topological polar surface area (TPSA) is 90.0 Å². The van der Waals surface area contributed by atoms with Crippen molar-refractivity contribution in [2.24, 2.45) is 10.7 Å². The van der Waals surface area contributed by atoms with Gasteiger partial charge in [-0.25, -0.2) is 8.78 Å². The predicted octanol–water partition coefficient (Wildman–Crippen LogP) is 3.35. The highest BCUT2D eigenvalue weighted by Crippen LogP contribution is 2.55. The summed E-state index contributed by atoms with van der Waals surface area (Å²) in [5.41, 5.74) is 7.99. The molecule has 0 bridgehead atoms. The molecular formula is C23H24F2N4O3. The van der Waals surface area contributed by atoms with E-state index in [9.17, 15) is 4.79 Å². The van der Waals surface area contributed by atoms with Crippen molar-refractivity contribution in [3.05, 3.63) is 52.5 Å². The van der Waals surface area contributed by atoms with Crippen molar-refractivity contribution in [2.75, 3.05) is 26.2 Å². The minimum atomic E-state index is -0.953. The number of anilines is 1. The van der Waals surface area contributed by atoms with Gasteiger partial charge in [-0.05, 0) is 37.0 Å². The van der Waals surface area contributed by atoms with E-state index in [-0.39, 0.29) is 24.0 Å². The number of amides is 1. The Balaban J connectivity index is 1.86.